The van der Waals surface area contributed by atoms with Gasteiger partial charge in [0.25, 0.3) is 0 Å². The lowest BCUT2D eigenvalue weighted by atomic mass is 9.95. The van der Waals surface area contributed by atoms with Gasteiger partial charge in [0.15, 0.2) is 5.42 Å². The molecule has 0 saturated heterocycles. The van der Waals surface area contributed by atoms with Gasteiger partial charge in [0.2, 0.25) is 0 Å². The van der Waals surface area contributed by atoms with Crippen LogP contribution in [0, 0.1) is 0 Å². The highest BCUT2D eigenvalue weighted by Gasteiger charge is 2.29. The average Bonchev–Trinajstić information content (AvgIpc) is 3.97. The predicted molar refractivity (Wildman–Crippen MR) is 245 cm³/mol. The van der Waals surface area contributed by atoms with Gasteiger partial charge in [-0.25, -0.2) is 0 Å². The van der Waals surface area contributed by atoms with Crippen molar-refractivity contribution in [2.75, 3.05) is 4.90 Å². The summed E-state index contributed by atoms with van der Waals surface area (Å²) in [4.78, 5) is 4.03. The molecule has 0 radical (unpaired) electrons. The maximum Gasteiger partial charge on any atom is 0.154 e. The molecule has 1 unspecified atom stereocenters. The third-order valence-electron chi connectivity index (χ3n) is 12.2. The van der Waals surface area contributed by atoms with Gasteiger partial charge in [-0.2, -0.15) is 0 Å². The molecule has 4 heteroatoms. The number of para-hydroxylation sites is 3. The van der Waals surface area contributed by atoms with Crippen LogP contribution in [0.2, 0.25) is 0 Å². The van der Waals surface area contributed by atoms with Gasteiger partial charge in [0, 0.05) is 54.3 Å². The summed E-state index contributed by atoms with van der Waals surface area (Å²) >= 11 is 1.93. The van der Waals surface area contributed by atoms with Crippen LogP contribution in [-0.2, 0) is 6.42 Å². The van der Waals surface area contributed by atoms with Crippen molar-refractivity contribution in [2.45, 2.75) is 25.3 Å². The summed E-state index contributed by atoms with van der Waals surface area (Å²) in [6.45, 7) is 0. The Labute approximate surface area is 340 Å². The molecule has 3 aromatic heterocycles. The third kappa shape index (κ3) is 5.25. The molecule has 3 heterocycles. The number of anilines is 1. The first kappa shape index (κ1) is 33.3. The van der Waals surface area contributed by atoms with Crippen molar-refractivity contribution in [3.8, 4) is 27.9 Å². The van der Waals surface area contributed by atoms with E-state index in [1.807, 2.05) is 11.3 Å². The van der Waals surface area contributed by atoms with E-state index >= 15 is 0 Å². The molecule has 2 aliphatic carbocycles. The first-order valence-electron chi connectivity index (χ1n) is 20.2. The minimum absolute atomic E-state index is 0.132. The largest absolute Gasteiger partial charge is 0.454 e. The van der Waals surface area contributed by atoms with Crippen LogP contribution >= 0.6 is 11.3 Å². The van der Waals surface area contributed by atoms with Crippen LogP contribution in [0.15, 0.2) is 180 Å². The molecule has 0 amide bonds. The Bertz CT molecular complexity index is 3370. The number of benzene rings is 7. The van der Waals surface area contributed by atoms with Gasteiger partial charge < -0.3 is 13.9 Å². The zero-order chi connectivity index (χ0) is 38.2. The molecule has 7 aromatic carbocycles. The fourth-order valence-electron chi connectivity index (χ4n) is 9.56. The SMILES string of the molecule is C1=CC(N(C2=c3oc4c(-c5ccccc5)cccc4c3=CCC2)c2ccc(-c3ccc4c5ccccc5n(-c5ccccc5)c4c3)cc2)Cc2sc3ccccc3c21. The number of rotatable bonds is 6. The molecule has 0 saturated carbocycles. The molecule has 12 rings (SSSR count). The van der Waals surface area contributed by atoms with Crippen molar-refractivity contribution in [2.24, 2.45) is 0 Å². The lowest BCUT2D eigenvalue weighted by Gasteiger charge is -2.35. The number of hydrogen-bond acceptors (Lipinski definition) is 3. The van der Waals surface area contributed by atoms with Gasteiger partial charge in [-0.05, 0) is 82.9 Å². The number of aromatic nitrogens is 1. The number of fused-ring (bicyclic) bond motifs is 9. The van der Waals surface area contributed by atoms with Gasteiger partial charge in [0.05, 0.1) is 22.8 Å². The lowest BCUT2D eigenvalue weighted by Crippen LogP contribution is -2.41. The second kappa shape index (κ2) is 13.4. The molecular formula is C54H38N2OS. The van der Waals surface area contributed by atoms with Crippen molar-refractivity contribution < 1.29 is 4.42 Å². The summed E-state index contributed by atoms with van der Waals surface area (Å²) in [6.07, 6.45) is 9.97. The van der Waals surface area contributed by atoms with Crippen molar-refractivity contribution in [1.82, 2.24) is 4.57 Å². The standard InChI is InChI=1S/C54H38N2OS/c1-3-13-36(14-4-1)41-19-11-20-46-47-21-12-23-49(54(47)57-53(41)46)55(40-30-32-45-44-18-8-10-24-51(44)58-52(45)34-40)39-28-25-35(26-29-39)37-27-31-43-42-17-7-9-22-48(42)56(50(43)33-37)38-15-5-2-6-16-38/h1-11,13-22,24-33,40H,12,23,34H2. The highest BCUT2D eigenvalue weighted by Crippen LogP contribution is 2.40. The van der Waals surface area contributed by atoms with Gasteiger partial charge in [-0.15, -0.1) is 11.3 Å². The van der Waals surface area contributed by atoms with E-state index in [2.05, 4.69) is 198 Å². The van der Waals surface area contributed by atoms with Crippen molar-refractivity contribution in [3.05, 3.63) is 197 Å². The van der Waals surface area contributed by atoms with Gasteiger partial charge >= 0.3 is 0 Å². The second-order valence-electron chi connectivity index (χ2n) is 15.5. The van der Waals surface area contributed by atoms with Crippen LogP contribution in [0.25, 0.3) is 88.7 Å². The number of thiophene rings is 1. The fraction of sp³-hybridized carbons (Fsp3) is 0.0741. The summed E-state index contributed by atoms with van der Waals surface area (Å²) < 4.78 is 10.8. The maximum absolute atomic E-state index is 7.07. The minimum Gasteiger partial charge on any atom is -0.454 e. The van der Waals surface area contributed by atoms with Crippen molar-refractivity contribution >= 4 is 77.7 Å². The van der Waals surface area contributed by atoms with Crippen LogP contribution in [0.3, 0.4) is 0 Å². The van der Waals surface area contributed by atoms with Gasteiger partial charge in [0.1, 0.15) is 5.58 Å². The molecule has 1 atom stereocenters. The number of furan rings is 1. The van der Waals surface area contributed by atoms with E-state index < -0.39 is 0 Å². The van der Waals surface area contributed by atoms with Crippen LogP contribution in [0.4, 0.5) is 5.69 Å². The summed E-state index contributed by atoms with van der Waals surface area (Å²) in [5.41, 5.74) is 14.0. The summed E-state index contributed by atoms with van der Waals surface area (Å²) in [7, 11) is 0. The van der Waals surface area contributed by atoms with Crippen molar-refractivity contribution in [1.29, 1.82) is 0 Å². The Balaban J connectivity index is 1.01. The molecule has 0 aliphatic heterocycles. The quantitative estimate of drug-likeness (QED) is 0.168. The molecule has 0 N–H and O–H groups in total. The van der Waals surface area contributed by atoms with Gasteiger partial charge in [-0.3, -0.25) is 0 Å². The highest BCUT2D eigenvalue weighted by atomic mass is 32.1. The van der Waals surface area contributed by atoms with E-state index in [9.17, 15) is 0 Å². The molecule has 58 heavy (non-hydrogen) atoms. The zero-order valence-corrected chi connectivity index (χ0v) is 32.6. The summed E-state index contributed by atoms with van der Waals surface area (Å²) in [5, 5.41) is 6.27. The normalized spacial score (nSPS) is 14.9. The average molecular weight is 763 g/mol. The monoisotopic (exact) mass is 762 g/mol. The zero-order valence-electron chi connectivity index (χ0n) is 31.8. The summed E-state index contributed by atoms with van der Waals surface area (Å²) in [5.74, 6) is 0. The topological polar surface area (TPSA) is 21.3 Å². The van der Waals surface area contributed by atoms with E-state index in [1.165, 1.54) is 86.7 Å². The predicted octanol–water partition coefficient (Wildman–Crippen LogP) is 12.9. The first-order valence-corrected chi connectivity index (χ1v) is 21.1. The Kier molecular flexibility index (Phi) is 7.67. The van der Waals surface area contributed by atoms with E-state index in [4.69, 9.17) is 4.42 Å². The molecule has 2 aliphatic rings. The lowest BCUT2D eigenvalue weighted by molar-refractivity contribution is 0.562. The van der Waals surface area contributed by atoms with E-state index in [1.54, 1.807) is 0 Å². The Hall–Kier alpha value is -6.88. The third-order valence-corrected chi connectivity index (χ3v) is 13.4. The van der Waals surface area contributed by atoms with Crippen LogP contribution < -0.4 is 15.5 Å². The van der Waals surface area contributed by atoms with Crippen LogP contribution in [-0.4, -0.2) is 10.6 Å². The van der Waals surface area contributed by atoms with Crippen molar-refractivity contribution in [3.63, 3.8) is 0 Å². The van der Waals surface area contributed by atoms with Gasteiger partial charge in [-0.1, -0.05) is 146 Å². The molecule has 10 aromatic rings. The molecule has 3 nitrogen and oxygen atoms in total. The molecular weight excluding hydrogens is 725 g/mol. The van der Waals surface area contributed by atoms with E-state index in [0.717, 1.165) is 35.8 Å². The first-order chi connectivity index (χ1) is 28.8. The van der Waals surface area contributed by atoms with Crippen LogP contribution in [0.1, 0.15) is 23.3 Å². The van der Waals surface area contributed by atoms with E-state index in [-0.39, 0.29) is 6.04 Å². The Morgan fingerprint density at radius 1 is 0.603 bits per heavy atom. The number of nitrogens with zero attached hydrogens (tertiary/aromatic N) is 2. The number of hydrogen-bond donors (Lipinski definition) is 0. The molecule has 0 spiro atoms. The summed E-state index contributed by atoms with van der Waals surface area (Å²) in [6, 6.07) is 61.8. The second-order valence-corrected chi connectivity index (χ2v) is 16.6. The maximum atomic E-state index is 7.07. The Morgan fingerprint density at radius 3 is 2.19 bits per heavy atom. The van der Waals surface area contributed by atoms with Crippen LogP contribution in [0.5, 0.6) is 0 Å². The highest BCUT2D eigenvalue weighted by molar-refractivity contribution is 7.19. The Morgan fingerprint density at radius 2 is 1.33 bits per heavy atom. The molecule has 0 fully saturated rings. The van der Waals surface area contributed by atoms with E-state index in [0.29, 0.717) is 0 Å². The molecule has 0 bridgehead atoms. The smallest absolute Gasteiger partial charge is 0.154 e. The fourth-order valence-corrected chi connectivity index (χ4v) is 10.8. The molecule has 276 valence electrons. The minimum atomic E-state index is 0.132.